The molecule has 0 bridgehead atoms. The van der Waals surface area contributed by atoms with E-state index >= 15 is 0 Å². The van der Waals surface area contributed by atoms with E-state index in [0.29, 0.717) is 0 Å². The molecule has 3 heterocycles. The third-order valence-corrected chi connectivity index (χ3v) is 10.5. The molecule has 0 aliphatic rings. The van der Waals surface area contributed by atoms with Crippen LogP contribution in [0.1, 0.15) is 0 Å². The summed E-state index contributed by atoms with van der Waals surface area (Å²) in [5.41, 5.74) is 13.6. The predicted octanol–water partition coefficient (Wildman–Crippen LogP) is 13.1. The molecule has 0 fully saturated rings. The molecule has 0 unspecified atom stereocenters. The molecule has 0 atom stereocenters. The van der Waals surface area contributed by atoms with Crippen LogP contribution in [0.15, 0.2) is 186 Å². The molecule has 11 aromatic rings. The lowest BCUT2D eigenvalue weighted by atomic mass is 9.92. The first-order valence-electron chi connectivity index (χ1n) is 17.4. The Morgan fingerprint density at radius 2 is 0.863 bits per heavy atom. The molecule has 0 saturated carbocycles. The van der Waals surface area contributed by atoms with E-state index in [1.54, 1.807) is 0 Å². The first-order chi connectivity index (χ1) is 25.3. The minimum absolute atomic E-state index is 0.899. The number of aromatic nitrogens is 2. The summed E-state index contributed by atoms with van der Waals surface area (Å²) in [5, 5.41) is 7.21. The van der Waals surface area contributed by atoms with Crippen LogP contribution in [0.2, 0.25) is 0 Å². The molecule has 11 rings (SSSR count). The Morgan fingerprint density at radius 1 is 0.294 bits per heavy atom. The maximum atomic E-state index is 6.22. The van der Waals surface area contributed by atoms with Gasteiger partial charge in [0.15, 0.2) is 0 Å². The van der Waals surface area contributed by atoms with Crippen molar-refractivity contribution in [1.82, 2.24) is 9.13 Å². The second-order valence-electron chi connectivity index (χ2n) is 13.3. The van der Waals surface area contributed by atoms with Gasteiger partial charge >= 0.3 is 0 Å². The van der Waals surface area contributed by atoms with Gasteiger partial charge in [-0.15, -0.1) is 0 Å². The van der Waals surface area contributed by atoms with Crippen LogP contribution in [0.3, 0.4) is 0 Å². The Hall–Kier alpha value is -6.84. The molecule has 0 aliphatic carbocycles. The highest BCUT2D eigenvalue weighted by atomic mass is 16.3. The van der Waals surface area contributed by atoms with Crippen LogP contribution < -0.4 is 0 Å². The Labute approximate surface area is 293 Å². The average molecular weight is 651 g/mol. The van der Waals surface area contributed by atoms with Gasteiger partial charge in [-0.2, -0.15) is 0 Å². The van der Waals surface area contributed by atoms with Gasteiger partial charge < -0.3 is 13.6 Å². The molecule has 3 heteroatoms. The van der Waals surface area contributed by atoms with Gasteiger partial charge in [0.05, 0.1) is 22.1 Å². The lowest BCUT2D eigenvalue weighted by Crippen LogP contribution is -1.95. The minimum Gasteiger partial charge on any atom is -0.456 e. The number of hydrogen-bond acceptors (Lipinski definition) is 1. The van der Waals surface area contributed by atoms with Crippen LogP contribution in [-0.4, -0.2) is 9.13 Å². The molecule has 51 heavy (non-hydrogen) atoms. The van der Waals surface area contributed by atoms with Gasteiger partial charge in [-0.05, 0) is 89.0 Å². The van der Waals surface area contributed by atoms with Gasteiger partial charge in [-0.3, -0.25) is 0 Å². The molecule has 0 aliphatic heterocycles. The Balaban J connectivity index is 1.22. The number of para-hydroxylation sites is 4. The third-order valence-electron chi connectivity index (χ3n) is 10.5. The van der Waals surface area contributed by atoms with Crippen LogP contribution in [0, 0.1) is 0 Å². The van der Waals surface area contributed by atoms with E-state index in [1.807, 2.05) is 12.1 Å². The lowest BCUT2D eigenvalue weighted by molar-refractivity contribution is 0.669. The van der Waals surface area contributed by atoms with Crippen molar-refractivity contribution >= 4 is 65.6 Å². The summed E-state index contributed by atoms with van der Waals surface area (Å²) in [6, 6.07) is 65.7. The summed E-state index contributed by atoms with van der Waals surface area (Å²) >= 11 is 0. The summed E-state index contributed by atoms with van der Waals surface area (Å²) in [7, 11) is 0. The first-order valence-corrected chi connectivity index (χ1v) is 17.4. The van der Waals surface area contributed by atoms with Crippen molar-refractivity contribution in [2.24, 2.45) is 0 Å². The lowest BCUT2D eigenvalue weighted by Gasteiger charge is -2.15. The highest BCUT2D eigenvalue weighted by molar-refractivity contribution is 6.14. The second-order valence-corrected chi connectivity index (χ2v) is 13.3. The Kier molecular flexibility index (Phi) is 5.96. The van der Waals surface area contributed by atoms with Crippen molar-refractivity contribution in [3.63, 3.8) is 0 Å². The van der Waals surface area contributed by atoms with Crippen molar-refractivity contribution in [1.29, 1.82) is 0 Å². The summed E-state index contributed by atoms with van der Waals surface area (Å²) in [6.07, 6.45) is 0. The molecule has 0 spiro atoms. The molecule has 0 saturated heterocycles. The van der Waals surface area contributed by atoms with Gasteiger partial charge in [0, 0.05) is 43.7 Å². The molecule has 3 aromatic heterocycles. The standard InChI is InChI=1S/C48H30N2O/c1-3-13-31(14-4-1)39-29-41-36-18-8-11-21-44(36)49(33-15-5-2-6-16-33)46(41)30-40(39)32-23-25-37-35-17-7-10-20-43(35)50(45(37)27-32)34-24-26-48-42(28-34)38-19-9-12-22-47(38)51-48/h1-30H. The molecule has 8 aromatic carbocycles. The summed E-state index contributed by atoms with van der Waals surface area (Å²) in [5.74, 6) is 0. The number of rotatable bonds is 4. The predicted molar refractivity (Wildman–Crippen MR) is 213 cm³/mol. The van der Waals surface area contributed by atoms with E-state index in [1.165, 1.54) is 65.9 Å². The van der Waals surface area contributed by atoms with Crippen LogP contribution in [0.4, 0.5) is 0 Å². The van der Waals surface area contributed by atoms with Gasteiger partial charge in [0.2, 0.25) is 0 Å². The van der Waals surface area contributed by atoms with E-state index in [-0.39, 0.29) is 0 Å². The molecule has 0 amide bonds. The monoisotopic (exact) mass is 650 g/mol. The molecule has 238 valence electrons. The molecular formula is C48H30N2O. The van der Waals surface area contributed by atoms with E-state index in [4.69, 9.17) is 4.42 Å². The van der Waals surface area contributed by atoms with Crippen LogP contribution in [0.25, 0.3) is 99.2 Å². The van der Waals surface area contributed by atoms with Crippen molar-refractivity contribution in [2.45, 2.75) is 0 Å². The van der Waals surface area contributed by atoms with E-state index < -0.39 is 0 Å². The Bertz CT molecular complexity index is 3130. The van der Waals surface area contributed by atoms with Crippen molar-refractivity contribution in [2.75, 3.05) is 0 Å². The fraction of sp³-hybridized carbons (Fsp3) is 0. The highest BCUT2D eigenvalue weighted by Gasteiger charge is 2.20. The average Bonchev–Trinajstić information content (AvgIpc) is 3.85. The highest BCUT2D eigenvalue weighted by Crippen LogP contribution is 2.43. The maximum Gasteiger partial charge on any atom is 0.135 e. The normalized spacial score (nSPS) is 11.9. The van der Waals surface area contributed by atoms with E-state index in [2.05, 4.69) is 179 Å². The molecule has 0 radical (unpaired) electrons. The summed E-state index contributed by atoms with van der Waals surface area (Å²) < 4.78 is 11.0. The Morgan fingerprint density at radius 3 is 1.65 bits per heavy atom. The van der Waals surface area contributed by atoms with Crippen LogP contribution in [-0.2, 0) is 0 Å². The third kappa shape index (κ3) is 4.19. The van der Waals surface area contributed by atoms with Crippen molar-refractivity contribution in [3.8, 4) is 33.6 Å². The zero-order valence-corrected chi connectivity index (χ0v) is 27.6. The summed E-state index contributed by atoms with van der Waals surface area (Å²) in [4.78, 5) is 0. The molecular weight excluding hydrogens is 621 g/mol. The molecule has 3 nitrogen and oxygen atoms in total. The minimum atomic E-state index is 0.899. The smallest absolute Gasteiger partial charge is 0.135 e. The van der Waals surface area contributed by atoms with Gasteiger partial charge in [0.1, 0.15) is 11.2 Å². The SMILES string of the molecule is c1ccc(-c2cc3c4ccccc4n(-c4ccccc4)c3cc2-c2ccc3c4ccccc4n(-c4ccc5oc6ccccc6c5c4)c3c2)cc1. The summed E-state index contributed by atoms with van der Waals surface area (Å²) in [6.45, 7) is 0. The second kappa shape index (κ2) is 10.8. The number of nitrogens with zero attached hydrogens (tertiary/aromatic N) is 2. The van der Waals surface area contributed by atoms with E-state index in [0.717, 1.165) is 33.3 Å². The van der Waals surface area contributed by atoms with Crippen LogP contribution in [0.5, 0.6) is 0 Å². The van der Waals surface area contributed by atoms with Gasteiger partial charge in [0.25, 0.3) is 0 Å². The number of fused-ring (bicyclic) bond motifs is 9. The quantitative estimate of drug-likeness (QED) is 0.186. The number of hydrogen-bond donors (Lipinski definition) is 0. The van der Waals surface area contributed by atoms with Crippen molar-refractivity contribution < 1.29 is 4.42 Å². The van der Waals surface area contributed by atoms with Crippen molar-refractivity contribution in [3.05, 3.63) is 182 Å². The zero-order valence-electron chi connectivity index (χ0n) is 27.6. The van der Waals surface area contributed by atoms with E-state index in [9.17, 15) is 0 Å². The van der Waals surface area contributed by atoms with Gasteiger partial charge in [-0.25, -0.2) is 0 Å². The maximum absolute atomic E-state index is 6.22. The fourth-order valence-electron chi connectivity index (χ4n) is 8.24. The van der Waals surface area contributed by atoms with Crippen LogP contribution >= 0.6 is 0 Å². The fourth-order valence-corrected chi connectivity index (χ4v) is 8.24. The molecule has 0 N–H and O–H groups in total. The topological polar surface area (TPSA) is 23.0 Å². The number of benzene rings is 8. The zero-order chi connectivity index (χ0) is 33.5. The largest absolute Gasteiger partial charge is 0.456 e. The first kappa shape index (κ1) is 28.0. The van der Waals surface area contributed by atoms with Gasteiger partial charge in [-0.1, -0.05) is 115 Å². The number of furan rings is 1.